The number of aromatic nitrogens is 1. The van der Waals surface area contributed by atoms with E-state index in [1.807, 2.05) is 54.6 Å². The molecule has 0 saturated carbocycles. The topological polar surface area (TPSA) is 44.5 Å². The van der Waals surface area contributed by atoms with Gasteiger partial charge in [0.1, 0.15) is 5.52 Å². The number of benzene rings is 3. The van der Waals surface area contributed by atoms with E-state index >= 15 is 0 Å². The minimum absolute atomic E-state index is 0.277. The zero-order valence-electron chi connectivity index (χ0n) is 13.7. The van der Waals surface area contributed by atoms with Crippen LogP contribution in [0, 0.1) is 6.92 Å². The molecule has 0 saturated heterocycles. The monoisotopic (exact) mass is 329 g/mol. The number of nitrogens with zero attached hydrogens (tertiary/aromatic N) is 1. The summed E-state index contributed by atoms with van der Waals surface area (Å²) in [5.41, 5.74) is 5.89. The van der Waals surface area contributed by atoms with Crippen LogP contribution in [0.5, 0.6) is 11.5 Å². The highest BCUT2D eigenvalue weighted by Gasteiger charge is 2.15. The van der Waals surface area contributed by atoms with Crippen LogP contribution in [0.4, 0.5) is 0 Å². The molecular formula is C21H15NO3. The van der Waals surface area contributed by atoms with Crippen LogP contribution in [-0.4, -0.2) is 11.8 Å². The summed E-state index contributed by atoms with van der Waals surface area (Å²) in [6.07, 6.45) is 0. The van der Waals surface area contributed by atoms with Crippen LogP contribution < -0.4 is 9.47 Å². The second-order valence-electron chi connectivity index (χ2n) is 6.08. The molecule has 3 aromatic carbocycles. The van der Waals surface area contributed by atoms with Gasteiger partial charge in [0.2, 0.25) is 12.7 Å². The number of ether oxygens (including phenoxy) is 2. The minimum Gasteiger partial charge on any atom is -0.454 e. The Kier molecular flexibility index (Phi) is 3.04. The molecule has 1 aliphatic rings. The highest BCUT2D eigenvalue weighted by molar-refractivity contribution is 5.83. The second-order valence-corrected chi connectivity index (χ2v) is 6.08. The zero-order valence-corrected chi connectivity index (χ0v) is 13.7. The molecule has 0 aliphatic carbocycles. The molecule has 0 atom stereocenters. The molecule has 1 aliphatic heterocycles. The molecule has 4 aromatic rings. The Bertz CT molecular complexity index is 1100. The van der Waals surface area contributed by atoms with Crippen molar-refractivity contribution in [1.82, 2.24) is 4.98 Å². The number of aryl methyl sites for hydroxylation is 1. The molecule has 0 bridgehead atoms. The van der Waals surface area contributed by atoms with Crippen molar-refractivity contribution >= 4 is 11.1 Å². The summed E-state index contributed by atoms with van der Waals surface area (Å²) in [6, 6.07) is 20.1. The summed E-state index contributed by atoms with van der Waals surface area (Å²) < 4.78 is 16.9. The zero-order chi connectivity index (χ0) is 16.8. The van der Waals surface area contributed by atoms with Crippen molar-refractivity contribution < 1.29 is 13.9 Å². The molecule has 0 unspecified atom stereocenters. The van der Waals surface area contributed by atoms with E-state index in [9.17, 15) is 0 Å². The van der Waals surface area contributed by atoms with Gasteiger partial charge in [-0.1, -0.05) is 30.3 Å². The van der Waals surface area contributed by atoms with Crippen molar-refractivity contribution in [1.29, 1.82) is 0 Å². The van der Waals surface area contributed by atoms with Gasteiger partial charge in [-0.05, 0) is 53.9 Å². The fourth-order valence-electron chi connectivity index (χ4n) is 3.11. The van der Waals surface area contributed by atoms with Gasteiger partial charge in [-0.25, -0.2) is 4.98 Å². The fourth-order valence-corrected chi connectivity index (χ4v) is 3.11. The summed E-state index contributed by atoms with van der Waals surface area (Å²) in [6.45, 7) is 2.34. The lowest BCUT2D eigenvalue weighted by Crippen LogP contribution is -1.92. The number of oxazole rings is 1. The van der Waals surface area contributed by atoms with Gasteiger partial charge in [0.15, 0.2) is 17.1 Å². The van der Waals surface area contributed by atoms with Gasteiger partial charge < -0.3 is 13.9 Å². The normalized spacial score (nSPS) is 12.7. The fraction of sp³-hybridized carbons (Fsp3) is 0.0952. The summed E-state index contributed by atoms with van der Waals surface area (Å²) in [7, 11) is 0. The third-order valence-electron chi connectivity index (χ3n) is 4.47. The van der Waals surface area contributed by atoms with Gasteiger partial charge >= 0.3 is 0 Å². The predicted octanol–water partition coefficient (Wildman–Crippen LogP) is 5.20. The van der Waals surface area contributed by atoms with Gasteiger partial charge in [-0.15, -0.1) is 0 Å². The second kappa shape index (κ2) is 5.38. The van der Waals surface area contributed by atoms with Crippen LogP contribution in [-0.2, 0) is 0 Å². The third kappa shape index (κ3) is 2.34. The largest absolute Gasteiger partial charge is 0.454 e. The molecular weight excluding hydrogens is 314 g/mol. The molecule has 5 rings (SSSR count). The van der Waals surface area contributed by atoms with Crippen LogP contribution in [0.3, 0.4) is 0 Å². The van der Waals surface area contributed by atoms with E-state index in [0.29, 0.717) is 5.89 Å². The van der Waals surface area contributed by atoms with Crippen molar-refractivity contribution in [2.24, 2.45) is 0 Å². The van der Waals surface area contributed by atoms with E-state index in [-0.39, 0.29) is 6.79 Å². The Hall–Kier alpha value is -3.27. The number of hydrogen-bond donors (Lipinski definition) is 0. The molecule has 122 valence electrons. The minimum atomic E-state index is 0.277. The SMILES string of the molecule is Cc1ccccc1-c1nc2ccc(-c3ccc4c(c3)OCO4)cc2o1. The van der Waals surface area contributed by atoms with E-state index in [1.165, 1.54) is 0 Å². The van der Waals surface area contributed by atoms with Gasteiger partial charge in [0.05, 0.1) is 0 Å². The van der Waals surface area contributed by atoms with Crippen LogP contribution in [0.2, 0.25) is 0 Å². The molecule has 0 spiro atoms. The first-order valence-corrected chi connectivity index (χ1v) is 8.14. The molecule has 4 heteroatoms. The molecule has 0 amide bonds. The summed E-state index contributed by atoms with van der Waals surface area (Å²) in [4.78, 5) is 4.63. The molecule has 1 aromatic heterocycles. The van der Waals surface area contributed by atoms with Gasteiger partial charge in [-0.3, -0.25) is 0 Å². The molecule has 0 radical (unpaired) electrons. The van der Waals surface area contributed by atoms with Crippen molar-refractivity contribution in [2.45, 2.75) is 6.92 Å². The highest BCUT2D eigenvalue weighted by atomic mass is 16.7. The first kappa shape index (κ1) is 14.1. The van der Waals surface area contributed by atoms with Crippen molar-refractivity contribution in [2.75, 3.05) is 6.79 Å². The van der Waals surface area contributed by atoms with E-state index in [4.69, 9.17) is 13.9 Å². The molecule has 2 heterocycles. The standard InChI is InChI=1S/C21H15NO3/c1-13-4-2-3-5-16(13)21-22-17-8-6-14(10-19(17)25-21)15-7-9-18-20(11-15)24-12-23-18/h2-11H,12H2,1H3. The predicted molar refractivity (Wildman–Crippen MR) is 95.7 cm³/mol. The Labute approximate surface area is 144 Å². The smallest absolute Gasteiger partial charge is 0.231 e. The highest BCUT2D eigenvalue weighted by Crippen LogP contribution is 2.37. The number of rotatable bonds is 2. The molecule has 4 nitrogen and oxygen atoms in total. The van der Waals surface area contributed by atoms with Crippen LogP contribution in [0.15, 0.2) is 65.1 Å². The van der Waals surface area contributed by atoms with Crippen LogP contribution in [0.1, 0.15) is 5.56 Å². The molecule has 0 fully saturated rings. The lowest BCUT2D eigenvalue weighted by atomic mass is 10.0. The van der Waals surface area contributed by atoms with Gasteiger partial charge in [-0.2, -0.15) is 0 Å². The van der Waals surface area contributed by atoms with Crippen molar-refractivity contribution in [3.8, 4) is 34.1 Å². The van der Waals surface area contributed by atoms with Crippen LogP contribution in [0.25, 0.3) is 33.7 Å². The Morgan fingerprint density at radius 3 is 2.56 bits per heavy atom. The Balaban J connectivity index is 1.59. The summed E-state index contributed by atoms with van der Waals surface area (Å²) in [5, 5.41) is 0. The maximum absolute atomic E-state index is 6.02. The third-order valence-corrected chi connectivity index (χ3v) is 4.47. The molecule has 0 N–H and O–H groups in total. The number of hydrogen-bond acceptors (Lipinski definition) is 4. The summed E-state index contributed by atoms with van der Waals surface area (Å²) in [5.74, 6) is 2.21. The lowest BCUT2D eigenvalue weighted by molar-refractivity contribution is 0.174. The molecule has 25 heavy (non-hydrogen) atoms. The van der Waals surface area contributed by atoms with Gasteiger partial charge in [0, 0.05) is 5.56 Å². The lowest BCUT2D eigenvalue weighted by Gasteiger charge is -2.03. The van der Waals surface area contributed by atoms with Crippen molar-refractivity contribution in [3.63, 3.8) is 0 Å². The van der Waals surface area contributed by atoms with Crippen molar-refractivity contribution in [3.05, 3.63) is 66.2 Å². The van der Waals surface area contributed by atoms with E-state index < -0.39 is 0 Å². The van der Waals surface area contributed by atoms with E-state index in [1.54, 1.807) is 0 Å². The van der Waals surface area contributed by atoms with E-state index in [0.717, 1.165) is 44.9 Å². The quantitative estimate of drug-likeness (QED) is 0.507. The van der Waals surface area contributed by atoms with E-state index in [2.05, 4.69) is 18.0 Å². The first-order chi connectivity index (χ1) is 12.3. The maximum Gasteiger partial charge on any atom is 0.231 e. The van der Waals surface area contributed by atoms with Crippen LogP contribution >= 0.6 is 0 Å². The average Bonchev–Trinajstić information content (AvgIpc) is 3.27. The Morgan fingerprint density at radius 2 is 1.64 bits per heavy atom. The van der Waals surface area contributed by atoms with Gasteiger partial charge in [0.25, 0.3) is 0 Å². The first-order valence-electron chi connectivity index (χ1n) is 8.14. The average molecular weight is 329 g/mol. The summed E-state index contributed by atoms with van der Waals surface area (Å²) >= 11 is 0. The Morgan fingerprint density at radius 1 is 0.840 bits per heavy atom. The maximum atomic E-state index is 6.02. The number of fused-ring (bicyclic) bond motifs is 2.